The summed E-state index contributed by atoms with van der Waals surface area (Å²) in [5, 5.41) is 3.21. The average Bonchev–Trinajstić information content (AvgIpc) is 2.95. The van der Waals surface area contributed by atoms with Crippen LogP contribution in [0.2, 0.25) is 0 Å². The molecule has 2 heterocycles. The van der Waals surface area contributed by atoms with Gasteiger partial charge in [-0.1, -0.05) is 12.1 Å². The smallest absolute Gasteiger partial charge is 0.240 e. The molecule has 1 aromatic heterocycles. The largest absolute Gasteiger partial charge is 0.309 e. The molecule has 0 amide bonds. The third kappa shape index (κ3) is 3.29. The molecule has 0 atom stereocenters. The Hall–Kier alpha value is -1.76. The highest BCUT2D eigenvalue weighted by Crippen LogP contribution is 2.19. The second kappa shape index (κ2) is 5.93. The zero-order chi connectivity index (χ0) is 14.7. The molecule has 110 valence electrons. The second-order valence-corrected chi connectivity index (χ2v) is 6.77. The number of nitrogens with one attached hydrogen (secondary N) is 2. The molecule has 0 radical (unpaired) electrons. The Morgan fingerprint density at radius 1 is 1.14 bits per heavy atom. The lowest BCUT2D eigenvalue weighted by Gasteiger charge is -2.08. The maximum Gasteiger partial charge on any atom is 0.240 e. The minimum atomic E-state index is -3.46. The molecule has 1 aliphatic rings. The molecule has 21 heavy (non-hydrogen) atoms. The Labute approximate surface area is 124 Å². The van der Waals surface area contributed by atoms with Gasteiger partial charge in [0.15, 0.2) is 0 Å². The fourth-order valence-electron chi connectivity index (χ4n) is 2.38. The van der Waals surface area contributed by atoms with E-state index in [2.05, 4.69) is 15.0 Å². The first-order chi connectivity index (χ1) is 10.1. The fraction of sp³-hybridized carbons (Fsp3) is 0.267. The van der Waals surface area contributed by atoms with Gasteiger partial charge in [0.2, 0.25) is 10.0 Å². The van der Waals surface area contributed by atoms with Crippen LogP contribution in [0.3, 0.4) is 0 Å². The lowest BCUT2D eigenvalue weighted by atomic mass is 10.1. The van der Waals surface area contributed by atoms with Gasteiger partial charge in [-0.2, -0.15) is 0 Å². The molecule has 2 aromatic rings. The summed E-state index contributed by atoms with van der Waals surface area (Å²) >= 11 is 0. The molecule has 0 fully saturated rings. The molecule has 0 spiro atoms. The van der Waals surface area contributed by atoms with Crippen molar-refractivity contribution in [2.45, 2.75) is 24.4 Å². The van der Waals surface area contributed by atoms with Crippen LogP contribution in [0.4, 0.5) is 0 Å². The van der Waals surface area contributed by atoms with Gasteiger partial charge < -0.3 is 5.32 Å². The molecule has 0 saturated carbocycles. The van der Waals surface area contributed by atoms with Crippen LogP contribution in [0, 0.1) is 0 Å². The van der Waals surface area contributed by atoms with Crippen LogP contribution in [0.5, 0.6) is 0 Å². The zero-order valence-corrected chi connectivity index (χ0v) is 12.4. The maximum absolute atomic E-state index is 12.3. The number of rotatable bonds is 5. The molecular weight excluding hydrogens is 286 g/mol. The molecule has 3 rings (SSSR count). The third-order valence-electron chi connectivity index (χ3n) is 3.52. The number of pyridine rings is 1. The first kappa shape index (κ1) is 14.2. The summed E-state index contributed by atoms with van der Waals surface area (Å²) in [6, 6.07) is 10.9. The summed E-state index contributed by atoms with van der Waals surface area (Å²) in [4.78, 5) is 4.50. The van der Waals surface area contributed by atoms with Crippen molar-refractivity contribution < 1.29 is 8.42 Å². The predicted octanol–water partition coefficient (Wildman–Crippen LogP) is 1.21. The Balaban J connectivity index is 1.67. The highest BCUT2D eigenvalue weighted by Gasteiger charge is 2.17. The summed E-state index contributed by atoms with van der Waals surface area (Å²) in [6.45, 7) is 1.88. The van der Waals surface area contributed by atoms with Crippen molar-refractivity contribution in [3.8, 4) is 0 Å². The van der Waals surface area contributed by atoms with Crippen LogP contribution < -0.4 is 10.0 Å². The van der Waals surface area contributed by atoms with E-state index in [1.165, 1.54) is 5.56 Å². The number of fused-ring (bicyclic) bond motifs is 1. The van der Waals surface area contributed by atoms with Gasteiger partial charge in [0.05, 0.1) is 4.90 Å². The van der Waals surface area contributed by atoms with Crippen LogP contribution in [0.15, 0.2) is 47.5 Å². The maximum atomic E-state index is 12.3. The van der Waals surface area contributed by atoms with E-state index in [9.17, 15) is 8.42 Å². The van der Waals surface area contributed by atoms with E-state index in [0.717, 1.165) is 24.3 Å². The van der Waals surface area contributed by atoms with E-state index in [0.29, 0.717) is 17.9 Å². The summed E-state index contributed by atoms with van der Waals surface area (Å²) in [6.07, 6.45) is 2.28. The number of benzene rings is 1. The minimum Gasteiger partial charge on any atom is -0.309 e. The van der Waals surface area contributed by atoms with Gasteiger partial charge in [-0.25, -0.2) is 13.1 Å². The topological polar surface area (TPSA) is 71.1 Å². The predicted molar refractivity (Wildman–Crippen MR) is 80.1 cm³/mol. The van der Waals surface area contributed by atoms with Crippen molar-refractivity contribution >= 4 is 10.0 Å². The minimum absolute atomic E-state index is 0.325. The molecular formula is C15H17N3O2S. The van der Waals surface area contributed by atoms with Crippen molar-refractivity contribution in [2.24, 2.45) is 0 Å². The number of aromatic nitrogens is 1. The van der Waals surface area contributed by atoms with E-state index in [1.807, 2.05) is 24.3 Å². The summed E-state index contributed by atoms with van der Waals surface area (Å²) in [7, 11) is -3.46. The fourth-order valence-corrected chi connectivity index (χ4v) is 3.46. The molecule has 0 unspecified atom stereocenters. The SMILES string of the molecule is O=S(=O)(NCCc1ccccn1)c1ccc2c(c1)CNC2. The third-order valence-corrected chi connectivity index (χ3v) is 4.98. The molecule has 0 bridgehead atoms. The lowest BCUT2D eigenvalue weighted by Crippen LogP contribution is -2.26. The van der Waals surface area contributed by atoms with Crippen molar-refractivity contribution in [2.75, 3.05) is 6.54 Å². The number of hydrogen-bond acceptors (Lipinski definition) is 4. The van der Waals surface area contributed by atoms with Gasteiger partial charge >= 0.3 is 0 Å². The van der Waals surface area contributed by atoms with Crippen LogP contribution in [0.25, 0.3) is 0 Å². The van der Waals surface area contributed by atoms with Crippen molar-refractivity contribution in [3.05, 3.63) is 59.4 Å². The zero-order valence-electron chi connectivity index (χ0n) is 11.5. The van der Waals surface area contributed by atoms with Gasteiger partial charge in [-0.15, -0.1) is 0 Å². The quantitative estimate of drug-likeness (QED) is 0.871. The van der Waals surface area contributed by atoms with E-state index >= 15 is 0 Å². The highest BCUT2D eigenvalue weighted by atomic mass is 32.2. The summed E-state index contributed by atoms with van der Waals surface area (Å²) < 4.78 is 27.2. The Morgan fingerprint density at radius 2 is 2.00 bits per heavy atom. The molecule has 2 N–H and O–H groups in total. The van der Waals surface area contributed by atoms with E-state index < -0.39 is 10.0 Å². The standard InChI is InChI=1S/C15H17N3O2S/c19-21(20,18-8-6-14-3-1-2-7-17-14)15-5-4-12-10-16-11-13(12)9-15/h1-5,7,9,16,18H,6,8,10-11H2. The average molecular weight is 303 g/mol. The van der Waals surface area contributed by atoms with Crippen LogP contribution in [-0.4, -0.2) is 19.9 Å². The molecule has 1 aliphatic heterocycles. The van der Waals surface area contributed by atoms with Crippen LogP contribution in [-0.2, 0) is 29.5 Å². The van der Waals surface area contributed by atoms with E-state index in [4.69, 9.17) is 0 Å². The summed E-state index contributed by atoms with van der Waals surface area (Å²) in [5.74, 6) is 0. The van der Waals surface area contributed by atoms with Gasteiger partial charge in [-0.05, 0) is 35.4 Å². The Morgan fingerprint density at radius 3 is 2.81 bits per heavy atom. The molecule has 1 aromatic carbocycles. The van der Waals surface area contributed by atoms with E-state index in [1.54, 1.807) is 18.3 Å². The van der Waals surface area contributed by atoms with Crippen LogP contribution in [0.1, 0.15) is 16.8 Å². The van der Waals surface area contributed by atoms with Crippen molar-refractivity contribution in [3.63, 3.8) is 0 Å². The number of hydrogen-bond donors (Lipinski definition) is 2. The van der Waals surface area contributed by atoms with Gasteiger partial charge in [0.1, 0.15) is 0 Å². The molecule has 5 nitrogen and oxygen atoms in total. The Bertz CT molecular complexity index is 730. The van der Waals surface area contributed by atoms with Crippen molar-refractivity contribution in [1.82, 2.24) is 15.0 Å². The van der Waals surface area contributed by atoms with Gasteiger partial charge in [0, 0.05) is 37.9 Å². The first-order valence-corrected chi connectivity index (χ1v) is 8.35. The number of sulfonamides is 1. The van der Waals surface area contributed by atoms with Crippen molar-refractivity contribution in [1.29, 1.82) is 0 Å². The van der Waals surface area contributed by atoms with Gasteiger partial charge in [-0.3, -0.25) is 4.98 Å². The van der Waals surface area contributed by atoms with Gasteiger partial charge in [0.25, 0.3) is 0 Å². The normalized spacial score (nSPS) is 14.1. The summed E-state index contributed by atoms with van der Waals surface area (Å²) in [5.41, 5.74) is 3.10. The first-order valence-electron chi connectivity index (χ1n) is 6.87. The van der Waals surface area contributed by atoms with Crippen LogP contribution >= 0.6 is 0 Å². The Kier molecular flexibility index (Phi) is 4.01. The van der Waals surface area contributed by atoms with E-state index in [-0.39, 0.29) is 0 Å². The highest BCUT2D eigenvalue weighted by molar-refractivity contribution is 7.89. The lowest BCUT2D eigenvalue weighted by molar-refractivity contribution is 0.581. The second-order valence-electron chi connectivity index (χ2n) is 5.00. The number of nitrogens with zero attached hydrogens (tertiary/aromatic N) is 1. The monoisotopic (exact) mass is 303 g/mol. The molecule has 0 aliphatic carbocycles. The molecule has 6 heteroatoms. The molecule has 0 saturated heterocycles.